The summed E-state index contributed by atoms with van der Waals surface area (Å²) >= 11 is 0. The van der Waals surface area contributed by atoms with Gasteiger partial charge < -0.3 is 15.3 Å². The summed E-state index contributed by atoms with van der Waals surface area (Å²) < 4.78 is 0. The molecule has 1 aromatic heterocycles. The van der Waals surface area contributed by atoms with Gasteiger partial charge in [-0.1, -0.05) is 30.7 Å². The summed E-state index contributed by atoms with van der Waals surface area (Å²) in [4.78, 5) is 14.5. The van der Waals surface area contributed by atoms with E-state index >= 15 is 0 Å². The van der Waals surface area contributed by atoms with Crippen LogP contribution in [-0.4, -0.2) is 36.7 Å². The second kappa shape index (κ2) is 7.60. The van der Waals surface area contributed by atoms with E-state index in [2.05, 4.69) is 41.7 Å². The topological polar surface area (TPSA) is 80.9 Å². The number of hydrogen-bond donors (Lipinski definition) is 1. The van der Waals surface area contributed by atoms with Gasteiger partial charge in [0.1, 0.15) is 6.54 Å². The zero-order valence-corrected chi connectivity index (χ0v) is 21.0. The van der Waals surface area contributed by atoms with Gasteiger partial charge >= 0.3 is 0 Å². The predicted molar refractivity (Wildman–Crippen MR) is 107 cm³/mol. The molecule has 0 spiro atoms. The second-order valence-corrected chi connectivity index (χ2v) is 11.0. The summed E-state index contributed by atoms with van der Waals surface area (Å²) in [6.45, 7) is 7.03. The quantitative estimate of drug-likeness (QED) is 0.436. The standard InChI is InChI=1S/C23H33N4O2.Re/c1-21(29)10-11-22(2)15(12-21)4-5-16-17-6-7-19(23(17,3)9-8-18(16)22)20(28)13-27-25-14-24-26-27;/h8,15-17,19,29H,4-7,9-13H2,1-3H3;/q-1;/t15-,16-,17?,19+,21+,22-,23-;/m0./s1. The molecule has 30 heavy (non-hydrogen) atoms. The molecule has 5 rings (SSSR count). The number of tetrazole rings is 1. The van der Waals surface area contributed by atoms with Crippen LogP contribution in [0.1, 0.15) is 72.1 Å². The number of aromatic nitrogens is 4. The van der Waals surface area contributed by atoms with Crippen molar-refractivity contribution in [1.29, 1.82) is 0 Å². The van der Waals surface area contributed by atoms with Gasteiger partial charge in [-0.3, -0.25) is 4.79 Å². The Kier molecular flexibility index (Phi) is 5.65. The first kappa shape index (κ1) is 22.3. The van der Waals surface area contributed by atoms with Crippen molar-refractivity contribution in [2.45, 2.75) is 84.3 Å². The Bertz CT molecular complexity index is 838. The number of hydrogen-bond acceptors (Lipinski definition) is 5. The molecular weight excluding hydrogens is 550 g/mol. The second-order valence-electron chi connectivity index (χ2n) is 11.0. The molecule has 3 fully saturated rings. The smallest absolute Gasteiger partial charge is 0.159 e. The van der Waals surface area contributed by atoms with Crippen LogP contribution in [0.25, 0.3) is 0 Å². The van der Waals surface area contributed by atoms with E-state index in [0.29, 0.717) is 17.8 Å². The summed E-state index contributed by atoms with van der Waals surface area (Å²) in [5.74, 6) is 2.10. The predicted octanol–water partition coefficient (Wildman–Crippen LogP) is 3.37. The van der Waals surface area contributed by atoms with Crippen molar-refractivity contribution in [3.8, 4) is 0 Å². The summed E-state index contributed by atoms with van der Waals surface area (Å²) in [6, 6.07) is 0. The minimum Gasteiger partial charge on any atom is -0.390 e. The Morgan fingerprint density at radius 1 is 1.23 bits per heavy atom. The molecule has 4 aliphatic carbocycles. The minimum atomic E-state index is -0.502. The van der Waals surface area contributed by atoms with E-state index in [0.717, 1.165) is 38.5 Å². The van der Waals surface area contributed by atoms with Crippen molar-refractivity contribution in [3.05, 3.63) is 18.0 Å². The molecule has 7 heteroatoms. The van der Waals surface area contributed by atoms with Crippen molar-refractivity contribution < 1.29 is 30.3 Å². The number of ketones is 1. The van der Waals surface area contributed by atoms with Crippen molar-refractivity contribution in [2.75, 3.05) is 0 Å². The van der Waals surface area contributed by atoms with Crippen molar-refractivity contribution in [2.24, 2.45) is 34.5 Å². The van der Waals surface area contributed by atoms with Gasteiger partial charge in [0, 0.05) is 26.3 Å². The first-order chi connectivity index (χ1) is 13.7. The van der Waals surface area contributed by atoms with Gasteiger partial charge in [-0.2, -0.15) is 4.80 Å². The zero-order chi connectivity index (χ0) is 20.4. The number of carbonyl (C=O) groups excluding carboxylic acids is 1. The fourth-order valence-electron chi connectivity index (χ4n) is 7.71. The van der Waals surface area contributed by atoms with E-state index in [4.69, 9.17) is 0 Å². The SMILES string of the molecule is C[C@@]1(O)CC[C@]2(C)C3=CC[C@@]4(C)C(CC[C@@H]4C(=O)Cn4n[c-]nn4)[C@@H]3CC[C@H]2C1.[Re]. The van der Waals surface area contributed by atoms with E-state index in [-0.39, 0.29) is 49.5 Å². The molecule has 0 amide bonds. The Hall–Kier alpha value is -0.898. The Labute approximate surface area is 192 Å². The van der Waals surface area contributed by atoms with Crippen LogP contribution >= 0.6 is 0 Å². The molecule has 0 saturated heterocycles. The molecule has 1 aromatic rings. The van der Waals surface area contributed by atoms with Gasteiger partial charge in [-0.05, 0) is 86.9 Å². The molecule has 1 N–H and O–H groups in total. The van der Waals surface area contributed by atoms with Gasteiger partial charge in [0.15, 0.2) is 5.78 Å². The van der Waals surface area contributed by atoms with Crippen LogP contribution in [0.2, 0.25) is 0 Å². The number of Topliss-reactive ketones (excluding diaryl/α,β-unsaturated/α-hetero) is 1. The first-order valence-electron chi connectivity index (χ1n) is 11.3. The van der Waals surface area contributed by atoms with Crippen LogP contribution < -0.4 is 0 Å². The van der Waals surface area contributed by atoms with Gasteiger partial charge in [0.25, 0.3) is 0 Å². The van der Waals surface area contributed by atoms with Crippen LogP contribution in [-0.2, 0) is 31.8 Å². The number of rotatable bonds is 3. The molecule has 1 heterocycles. The van der Waals surface area contributed by atoms with Crippen molar-refractivity contribution >= 4 is 5.78 Å². The molecule has 4 aliphatic rings. The number of nitrogens with zero attached hydrogens (tertiary/aromatic N) is 4. The average molecular weight is 584 g/mol. The third kappa shape index (κ3) is 3.36. The van der Waals surface area contributed by atoms with Crippen LogP contribution in [0.5, 0.6) is 0 Å². The van der Waals surface area contributed by atoms with Crippen molar-refractivity contribution in [3.63, 3.8) is 0 Å². The Morgan fingerprint density at radius 3 is 2.77 bits per heavy atom. The molecule has 7 atom stereocenters. The maximum atomic E-state index is 13.1. The molecule has 6 nitrogen and oxygen atoms in total. The maximum Gasteiger partial charge on any atom is 0.159 e. The third-order valence-corrected chi connectivity index (χ3v) is 9.35. The molecule has 0 bridgehead atoms. The molecule has 1 unspecified atom stereocenters. The van der Waals surface area contributed by atoms with Gasteiger partial charge in [0.05, 0.1) is 5.60 Å². The Balaban J connectivity index is 0.00000218. The molecule has 165 valence electrons. The number of carbonyl (C=O) groups is 1. The summed E-state index contributed by atoms with van der Waals surface area (Å²) in [5.41, 5.74) is 1.43. The van der Waals surface area contributed by atoms with E-state index < -0.39 is 5.60 Å². The summed E-state index contributed by atoms with van der Waals surface area (Å²) in [5, 5.41) is 22.0. The number of aliphatic hydroxyl groups is 1. The minimum absolute atomic E-state index is 0. The van der Waals surface area contributed by atoms with E-state index in [1.54, 1.807) is 5.57 Å². The average Bonchev–Trinajstić information content (AvgIpc) is 3.29. The normalized spacial score (nSPS) is 44.9. The monoisotopic (exact) mass is 584 g/mol. The maximum absolute atomic E-state index is 13.1. The van der Waals surface area contributed by atoms with E-state index in [9.17, 15) is 9.90 Å². The van der Waals surface area contributed by atoms with E-state index in [1.165, 1.54) is 17.6 Å². The van der Waals surface area contributed by atoms with Crippen LogP contribution in [0, 0.1) is 40.8 Å². The fourth-order valence-corrected chi connectivity index (χ4v) is 7.71. The number of fused-ring (bicyclic) bond motifs is 5. The third-order valence-electron chi connectivity index (χ3n) is 9.35. The van der Waals surface area contributed by atoms with Gasteiger partial charge in [0.2, 0.25) is 0 Å². The number of allylic oxidation sites excluding steroid dienone is 2. The van der Waals surface area contributed by atoms with Crippen LogP contribution in [0.15, 0.2) is 11.6 Å². The molecule has 3 saturated carbocycles. The molecule has 0 aromatic carbocycles. The zero-order valence-electron chi connectivity index (χ0n) is 18.3. The summed E-state index contributed by atoms with van der Waals surface area (Å²) in [6.07, 6.45) is 13.4. The largest absolute Gasteiger partial charge is 0.390 e. The molecule has 1 radical (unpaired) electrons. The fraction of sp³-hybridized carbons (Fsp3) is 0.826. The van der Waals surface area contributed by atoms with E-state index in [1.807, 2.05) is 6.92 Å². The molecule has 0 aliphatic heterocycles. The molecular formula is C23H33N4O2Re-. The first-order valence-corrected chi connectivity index (χ1v) is 11.3. The Morgan fingerprint density at radius 2 is 2.03 bits per heavy atom. The van der Waals surface area contributed by atoms with Crippen molar-refractivity contribution in [1.82, 2.24) is 20.2 Å². The summed E-state index contributed by atoms with van der Waals surface area (Å²) in [7, 11) is 0. The van der Waals surface area contributed by atoms with Gasteiger partial charge in [-0.25, -0.2) is 6.33 Å². The van der Waals surface area contributed by atoms with Crippen LogP contribution in [0.4, 0.5) is 0 Å². The van der Waals surface area contributed by atoms with Crippen LogP contribution in [0.3, 0.4) is 0 Å². The van der Waals surface area contributed by atoms with Gasteiger partial charge in [-0.15, -0.1) is 0 Å².